The molecule has 1 saturated carbocycles. The van der Waals surface area contributed by atoms with Crippen LogP contribution in [-0.2, 0) is 19.1 Å². The number of likely N-dealkylation sites (tertiary alicyclic amines) is 1. The van der Waals surface area contributed by atoms with Gasteiger partial charge in [-0.25, -0.2) is 4.79 Å². The predicted molar refractivity (Wildman–Crippen MR) is 96.2 cm³/mol. The summed E-state index contributed by atoms with van der Waals surface area (Å²) in [4.78, 5) is 38.4. The molecular formula is C20H25NO6. The minimum atomic E-state index is -0.906. The molecule has 27 heavy (non-hydrogen) atoms. The molecule has 7 heteroatoms. The van der Waals surface area contributed by atoms with Crippen molar-refractivity contribution in [2.24, 2.45) is 11.8 Å². The van der Waals surface area contributed by atoms with Gasteiger partial charge in [0.25, 0.3) is 0 Å². The molecule has 2 fully saturated rings. The van der Waals surface area contributed by atoms with E-state index in [0.717, 1.165) is 36.3 Å². The number of rotatable bonds is 7. The van der Waals surface area contributed by atoms with E-state index in [0.29, 0.717) is 5.75 Å². The maximum atomic E-state index is 12.5. The van der Waals surface area contributed by atoms with Gasteiger partial charge < -0.3 is 14.2 Å². The van der Waals surface area contributed by atoms with Crippen LogP contribution in [0.3, 0.4) is 0 Å². The first-order valence-corrected chi connectivity index (χ1v) is 9.33. The summed E-state index contributed by atoms with van der Waals surface area (Å²) in [5, 5.41) is 0. The third kappa shape index (κ3) is 4.07. The molecule has 2 amide bonds. The van der Waals surface area contributed by atoms with E-state index < -0.39 is 12.0 Å². The van der Waals surface area contributed by atoms with Crippen molar-refractivity contribution in [3.05, 3.63) is 24.3 Å². The number of esters is 1. The van der Waals surface area contributed by atoms with Gasteiger partial charge in [0.15, 0.2) is 0 Å². The second-order valence-corrected chi connectivity index (χ2v) is 6.91. The highest BCUT2D eigenvalue weighted by Crippen LogP contribution is 2.38. The van der Waals surface area contributed by atoms with E-state index in [9.17, 15) is 14.4 Å². The first-order chi connectivity index (χ1) is 13.0. The predicted octanol–water partition coefficient (Wildman–Crippen LogP) is 2.18. The van der Waals surface area contributed by atoms with Gasteiger partial charge in [-0.15, -0.1) is 0 Å². The van der Waals surface area contributed by atoms with Crippen LogP contribution < -0.4 is 9.47 Å². The van der Waals surface area contributed by atoms with Gasteiger partial charge >= 0.3 is 5.97 Å². The quantitative estimate of drug-likeness (QED) is 0.413. The summed E-state index contributed by atoms with van der Waals surface area (Å²) in [6.45, 7) is 1.76. The fraction of sp³-hybridized carbons (Fsp3) is 0.550. The van der Waals surface area contributed by atoms with Gasteiger partial charge in [-0.05, 0) is 44.0 Å². The molecule has 1 heterocycles. The van der Waals surface area contributed by atoms with E-state index >= 15 is 0 Å². The van der Waals surface area contributed by atoms with Gasteiger partial charge in [0.2, 0.25) is 11.8 Å². The smallest absolute Gasteiger partial charge is 0.329 e. The number of carbonyl (C=O) groups is 3. The third-order valence-electron chi connectivity index (χ3n) is 5.26. The molecule has 3 rings (SSSR count). The summed E-state index contributed by atoms with van der Waals surface area (Å²) in [6.07, 6.45) is 3.36. The molecule has 1 aliphatic heterocycles. The second kappa shape index (κ2) is 8.41. The number of fused-ring (bicyclic) bond motifs is 1. The van der Waals surface area contributed by atoms with Gasteiger partial charge in [0.1, 0.15) is 30.8 Å². The Balaban J connectivity index is 1.47. The summed E-state index contributed by atoms with van der Waals surface area (Å²) in [5.41, 5.74) is 0. The van der Waals surface area contributed by atoms with Crippen LogP contribution in [0.4, 0.5) is 0 Å². The largest absolute Gasteiger partial charge is 0.497 e. The standard InChI is InChI=1S/C20H25NO6/c1-13(21-18(22)16-5-3-4-6-17(16)19(21)23)20(24)27-12-11-26-15-9-7-14(25-2)8-10-15/h7-10,13,16-17H,3-6,11-12H2,1-2H3/t13-,16-,17+/m1/s1. The monoisotopic (exact) mass is 375 g/mol. The average molecular weight is 375 g/mol. The lowest BCUT2D eigenvalue weighted by Gasteiger charge is -2.21. The number of amides is 2. The molecule has 0 radical (unpaired) electrons. The third-order valence-corrected chi connectivity index (χ3v) is 5.26. The Morgan fingerprint density at radius 3 is 2.15 bits per heavy atom. The minimum absolute atomic E-state index is 0.0400. The van der Waals surface area contributed by atoms with Gasteiger partial charge in [0.05, 0.1) is 18.9 Å². The zero-order valence-electron chi connectivity index (χ0n) is 15.7. The highest BCUT2D eigenvalue weighted by Gasteiger charge is 2.51. The van der Waals surface area contributed by atoms with Gasteiger partial charge in [-0.3, -0.25) is 14.5 Å². The second-order valence-electron chi connectivity index (χ2n) is 6.91. The summed E-state index contributed by atoms with van der Waals surface area (Å²) >= 11 is 0. The fourth-order valence-corrected chi connectivity index (χ4v) is 3.77. The number of nitrogens with zero attached hydrogens (tertiary/aromatic N) is 1. The average Bonchev–Trinajstić information content (AvgIpc) is 2.95. The van der Waals surface area contributed by atoms with E-state index in [2.05, 4.69) is 0 Å². The molecule has 0 unspecified atom stereocenters. The number of imide groups is 1. The van der Waals surface area contributed by atoms with Crippen molar-refractivity contribution >= 4 is 17.8 Å². The van der Waals surface area contributed by atoms with Crippen molar-refractivity contribution < 1.29 is 28.6 Å². The molecule has 0 spiro atoms. The lowest BCUT2D eigenvalue weighted by Crippen LogP contribution is -2.44. The van der Waals surface area contributed by atoms with Crippen molar-refractivity contribution in [2.45, 2.75) is 38.6 Å². The highest BCUT2D eigenvalue weighted by molar-refractivity contribution is 6.07. The maximum Gasteiger partial charge on any atom is 0.329 e. The number of carbonyl (C=O) groups excluding carboxylic acids is 3. The van der Waals surface area contributed by atoms with E-state index in [4.69, 9.17) is 14.2 Å². The molecule has 2 aliphatic rings. The summed E-state index contributed by atoms with van der Waals surface area (Å²) < 4.78 is 15.8. The van der Waals surface area contributed by atoms with Crippen LogP contribution in [0.15, 0.2) is 24.3 Å². The van der Waals surface area contributed by atoms with E-state index in [1.165, 1.54) is 0 Å². The summed E-state index contributed by atoms with van der Waals surface area (Å²) in [7, 11) is 1.58. The molecule has 1 aromatic carbocycles. The lowest BCUT2D eigenvalue weighted by molar-refractivity contribution is -0.158. The molecule has 0 N–H and O–H groups in total. The van der Waals surface area contributed by atoms with Crippen molar-refractivity contribution in [2.75, 3.05) is 20.3 Å². The molecule has 7 nitrogen and oxygen atoms in total. The van der Waals surface area contributed by atoms with Crippen molar-refractivity contribution in [1.29, 1.82) is 0 Å². The number of hydrogen-bond donors (Lipinski definition) is 0. The number of ether oxygens (including phenoxy) is 3. The van der Waals surface area contributed by atoms with Crippen LogP contribution in [0.5, 0.6) is 11.5 Å². The van der Waals surface area contributed by atoms with Crippen molar-refractivity contribution in [3.8, 4) is 11.5 Å². The van der Waals surface area contributed by atoms with Crippen LogP contribution in [-0.4, -0.2) is 49.0 Å². The fourth-order valence-electron chi connectivity index (χ4n) is 3.77. The van der Waals surface area contributed by atoms with Crippen LogP contribution in [0.2, 0.25) is 0 Å². The summed E-state index contributed by atoms with van der Waals surface area (Å²) in [5.74, 6) is -0.224. The maximum absolute atomic E-state index is 12.5. The first-order valence-electron chi connectivity index (χ1n) is 9.33. The van der Waals surface area contributed by atoms with Crippen molar-refractivity contribution in [3.63, 3.8) is 0 Å². The molecule has 146 valence electrons. The highest BCUT2D eigenvalue weighted by atomic mass is 16.6. The topological polar surface area (TPSA) is 82.1 Å². The van der Waals surface area contributed by atoms with E-state index in [-0.39, 0.29) is 36.9 Å². The Kier molecular flexibility index (Phi) is 5.98. The number of methoxy groups -OCH3 is 1. The Labute approximate surface area is 158 Å². The van der Waals surface area contributed by atoms with Crippen LogP contribution >= 0.6 is 0 Å². The van der Waals surface area contributed by atoms with E-state index in [1.807, 2.05) is 0 Å². The molecule has 3 atom stereocenters. The lowest BCUT2D eigenvalue weighted by atomic mass is 9.81. The zero-order valence-corrected chi connectivity index (χ0v) is 15.7. The molecule has 0 bridgehead atoms. The SMILES string of the molecule is COc1ccc(OCCOC(=O)[C@@H](C)N2C(=O)[C@H]3CCCC[C@H]3C2=O)cc1. The molecule has 0 aromatic heterocycles. The Morgan fingerprint density at radius 2 is 1.59 bits per heavy atom. The van der Waals surface area contributed by atoms with Crippen LogP contribution in [0.1, 0.15) is 32.6 Å². The van der Waals surface area contributed by atoms with Crippen molar-refractivity contribution in [1.82, 2.24) is 4.90 Å². The van der Waals surface area contributed by atoms with Gasteiger partial charge in [-0.2, -0.15) is 0 Å². The van der Waals surface area contributed by atoms with Gasteiger partial charge in [-0.1, -0.05) is 12.8 Å². The summed E-state index contributed by atoms with van der Waals surface area (Å²) in [6, 6.07) is 6.15. The molecule has 1 aromatic rings. The normalized spacial score (nSPS) is 23.0. The molecular weight excluding hydrogens is 350 g/mol. The Morgan fingerprint density at radius 1 is 1.04 bits per heavy atom. The number of benzene rings is 1. The van der Waals surface area contributed by atoms with Crippen LogP contribution in [0.25, 0.3) is 0 Å². The van der Waals surface area contributed by atoms with Crippen LogP contribution in [0, 0.1) is 11.8 Å². The van der Waals surface area contributed by atoms with Gasteiger partial charge in [0, 0.05) is 0 Å². The molecule has 1 aliphatic carbocycles. The Bertz CT molecular complexity index is 677. The number of hydrogen-bond acceptors (Lipinski definition) is 6. The zero-order chi connectivity index (χ0) is 19.4. The first kappa shape index (κ1) is 19.2. The van der Waals surface area contributed by atoms with E-state index in [1.54, 1.807) is 38.3 Å². The molecule has 1 saturated heterocycles. The minimum Gasteiger partial charge on any atom is -0.497 e. The Hall–Kier alpha value is -2.57.